The normalized spacial score (nSPS) is 40.1. The molecule has 0 bridgehead atoms. The Morgan fingerprint density at radius 2 is 2.14 bits per heavy atom. The highest BCUT2D eigenvalue weighted by atomic mass is 19.4. The molecule has 3 nitrogen and oxygen atoms in total. The van der Waals surface area contributed by atoms with Crippen LogP contribution in [0.25, 0.3) is 0 Å². The van der Waals surface area contributed by atoms with E-state index in [1.54, 1.807) is 6.08 Å². The minimum Gasteiger partial charge on any atom is -0.369 e. The molecule has 2 saturated heterocycles. The first kappa shape index (κ1) is 15.0. The maximum Gasteiger partial charge on any atom is 0.391 e. The largest absolute Gasteiger partial charge is 0.391 e. The minimum absolute atomic E-state index is 0.0406. The molecule has 0 radical (unpaired) electrons. The summed E-state index contributed by atoms with van der Waals surface area (Å²) in [4.78, 5) is 11.7. The number of alkyl halides is 3. The van der Waals surface area contributed by atoms with Crippen molar-refractivity contribution in [2.75, 3.05) is 6.61 Å². The van der Waals surface area contributed by atoms with Crippen molar-refractivity contribution in [3.8, 4) is 0 Å². The first-order chi connectivity index (χ1) is 9.74. The van der Waals surface area contributed by atoms with Gasteiger partial charge >= 0.3 is 6.18 Å². The predicted molar refractivity (Wildman–Crippen MR) is 68.7 cm³/mol. The molecule has 5 atom stereocenters. The molecule has 2 fully saturated rings. The van der Waals surface area contributed by atoms with Gasteiger partial charge in [-0.3, -0.25) is 4.79 Å². The summed E-state index contributed by atoms with van der Waals surface area (Å²) in [6, 6.07) is 0. The molecule has 2 unspecified atom stereocenters. The van der Waals surface area contributed by atoms with Crippen molar-refractivity contribution in [2.45, 2.75) is 57.1 Å². The summed E-state index contributed by atoms with van der Waals surface area (Å²) in [6.07, 6.45) is -2.02. The topological polar surface area (TPSA) is 42.1 Å². The van der Waals surface area contributed by atoms with Gasteiger partial charge in [-0.25, -0.2) is 0 Å². The number of rotatable bonds is 4. The van der Waals surface area contributed by atoms with Crippen LogP contribution in [0.4, 0.5) is 13.2 Å². The Kier molecular flexibility index (Phi) is 3.44. The van der Waals surface area contributed by atoms with Crippen molar-refractivity contribution in [3.63, 3.8) is 0 Å². The van der Waals surface area contributed by atoms with Crippen LogP contribution in [0.5, 0.6) is 0 Å². The molecule has 3 aliphatic rings. The fourth-order valence-electron chi connectivity index (χ4n) is 3.32. The van der Waals surface area contributed by atoms with Crippen molar-refractivity contribution >= 4 is 5.78 Å². The van der Waals surface area contributed by atoms with Gasteiger partial charge in [0.15, 0.2) is 5.78 Å². The second-order valence-corrected chi connectivity index (χ2v) is 6.44. The molecule has 0 amide bonds. The zero-order chi connectivity index (χ0) is 15.4. The summed E-state index contributed by atoms with van der Waals surface area (Å²) in [5.74, 6) is -1.30. The van der Waals surface area contributed by atoms with Crippen LogP contribution < -0.4 is 0 Å². The molecule has 0 aromatic carbocycles. The van der Waals surface area contributed by atoms with Crippen molar-refractivity contribution in [1.82, 2.24) is 0 Å². The molecule has 6 heteroatoms. The molecule has 1 spiro atoms. The number of epoxide rings is 2. The van der Waals surface area contributed by atoms with Crippen LogP contribution in [-0.4, -0.2) is 36.4 Å². The summed E-state index contributed by atoms with van der Waals surface area (Å²) in [7, 11) is 0. The Morgan fingerprint density at radius 1 is 1.48 bits per heavy atom. The third-order valence-corrected chi connectivity index (χ3v) is 4.98. The highest BCUT2D eigenvalue weighted by Gasteiger charge is 2.63. The molecule has 0 saturated carbocycles. The Hall–Kier alpha value is -0.880. The van der Waals surface area contributed by atoms with Gasteiger partial charge in [0.2, 0.25) is 0 Å². The van der Waals surface area contributed by atoms with E-state index in [2.05, 4.69) is 0 Å². The van der Waals surface area contributed by atoms with Gasteiger partial charge in [0.1, 0.15) is 5.60 Å². The minimum atomic E-state index is -4.15. The van der Waals surface area contributed by atoms with Crippen LogP contribution in [-0.2, 0) is 14.3 Å². The predicted octanol–water partition coefficient (Wildman–Crippen LogP) is 3.04. The molecular formula is C15H19F3O3. The van der Waals surface area contributed by atoms with E-state index in [4.69, 9.17) is 9.47 Å². The zero-order valence-electron chi connectivity index (χ0n) is 12.1. The fraction of sp³-hybridized carbons (Fsp3) is 0.800. The van der Waals surface area contributed by atoms with Crippen molar-refractivity contribution in [2.24, 2.45) is 11.8 Å². The number of hydrogen-bond acceptors (Lipinski definition) is 3. The Labute approximate surface area is 121 Å². The molecule has 118 valence electrons. The lowest BCUT2D eigenvalue weighted by Crippen LogP contribution is -2.36. The molecule has 2 aliphatic heterocycles. The van der Waals surface area contributed by atoms with E-state index in [9.17, 15) is 18.0 Å². The van der Waals surface area contributed by atoms with Gasteiger partial charge in [-0.1, -0.05) is 6.92 Å². The zero-order valence-corrected chi connectivity index (χ0v) is 12.1. The first-order valence-electron chi connectivity index (χ1n) is 7.32. The number of hydrogen-bond donors (Lipinski definition) is 0. The summed E-state index contributed by atoms with van der Waals surface area (Å²) in [5, 5.41) is 0. The quantitative estimate of drug-likeness (QED) is 0.750. The van der Waals surface area contributed by atoms with Gasteiger partial charge in [-0.15, -0.1) is 0 Å². The molecule has 3 rings (SSSR count). The van der Waals surface area contributed by atoms with E-state index in [-0.39, 0.29) is 35.9 Å². The Balaban J connectivity index is 1.56. The molecule has 0 aromatic heterocycles. The third-order valence-electron chi connectivity index (χ3n) is 4.98. The number of carbonyl (C=O) groups is 1. The molecule has 21 heavy (non-hydrogen) atoms. The number of allylic oxidation sites excluding steroid dienone is 1. The van der Waals surface area contributed by atoms with Crippen LogP contribution in [0.2, 0.25) is 0 Å². The SMILES string of the molecule is CC1=CC(=O)CC([C@H]2O[C@@H]2CCC(C)C(F)(F)F)[C@@]12CO2. The molecule has 0 aromatic rings. The van der Waals surface area contributed by atoms with E-state index in [0.717, 1.165) is 5.57 Å². The molecule has 0 N–H and O–H groups in total. The average molecular weight is 304 g/mol. The summed E-state index contributed by atoms with van der Waals surface area (Å²) < 4.78 is 48.6. The number of ketones is 1. The first-order valence-corrected chi connectivity index (χ1v) is 7.32. The standard InChI is InChI=1S/C15H19F3O3/c1-8(15(16,17)18)3-4-12-13(21-12)11-6-10(19)5-9(2)14(11)7-20-14/h5,8,11-13H,3-4,6-7H2,1-2H3/t8?,11?,12-,13-,14-/m1/s1. The monoisotopic (exact) mass is 304 g/mol. The van der Waals surface area contributed by atoms with E-state index < -0.39 is 12.1 Å². The highest BCUT2D eigenvalue weighted by molar-refractivity contribution is 5.92. The summed E-state index contributed by atoms with van der Waals surface area (Å²) in [5.41, 5.74) is 0.532. The second kappa shape index (κ2) is 4.81. The van der Waals surface area contributed by atoms with E-state index in [1.807, 2.05) is 6.92 Å². The fourth-order valence-corrected chi connectivity index (χ4v) is 3.32. The number of halogens is 3. The maximum atomic E-state index is 12.5. The smallest absolute Gasteiger partial charge is 0.369 e. The van der Waals surface area contributed by atoms with Crippen LogP contribution in [0.15, 0.2) is 11.6 Å². The van der Waals surface area contributed by atoms with E-state index in [0.29, 0.717) is 19.4 Å². The molecule has 2 heterocycles. The van der Waals surface area contributed by atoms with E-state index >= 15 is 0 Å². The lowest BCUT2D eigenvalue weighted by molar-refractivity contribution is -0.171. The van der Waals surface area contributed by atoms with Gasteiger partial charge in [-0.2, -0.15) is 13.2 Å². The second-order valence-electron chi connectivity index (χ2n) is 6.44. The van der Waals surface area contributed by atoms with Crippen LogP contribution in [0.3, 0.4) is 0 Å². The van der Waals surface area contributed by atoms with Crippen LogP contribution in [0.1, 0.15) is 33.1 Å². The summed E-state index contributed by atoms with van der Waals surface area (Å²) >= 11 is 0. The van der Waals surface area contributed by atoms with Gasteiger partial charge in [0, 0.05) is 12.3 Å². The van der Waals surface area contributed by atoms with Crippen LogP contribution in [0, 0.1) is 11.8 Å². The number of carbonyl (C=O) groups excluding carboxylic acids is 1. The lowest BCUT2D eigenvalue weighted by atomic mass is 9.75. The highest BCUT2D eigenvalue weighted by Crippen LogP contribution is 2.53. The van der Waals surface area contributed by atoms with Gasteiger partial charge in [-0.05, 0) is 31.4 Å². The average Bonchev–Trinajstić information content (AvgIpc) is 3.25. The van der Waals surface area contributed by atoms with Gasteiger partial charge < -0.3 is 9.47 Å². The van der Waals surface area contributed by atoms with E-state index in [1.165, 1.54) is 6.92 Å². The Morgan fingerprint density at radius 3 is 2.71 bits per heavy atom. The molecular weight excluding hydrogens is 285 g/mol. The van der Waals surface area contributed by atoms with Crippen LogP contribution >= 0.6 is 0 Å². The van der Waals surface area contributed by atoms with Gasteiger partial charge in [0.05, 0.1) is 24.7 Å². The summed E-state index contributed by atoms with van der Waals surface area (Å²) in [6.45, 7) is 3.65. The van der Waals surface area contributed by atoms with Crippen molar-refractivity contribution in [1.29, 1.82) is 0 Å². The maximum absolute atomic E-state index is 12.5. The molecule has 1 aliphatic carbocycles. The van der Waals surface area contributed by atoms with Gasteiger partial charge in [0.25, 0.3) is 0 Å². The van der Waals surface area contributed by atoms with Crippen molar-refractivity contribution < 1.29 is 27.4 Å². The Bertz CT molecular complexity index is 479. The lowest BCUT2D eigenvalue weighted by Gasteiger charge is -2.26. The third kappa shape index (κ3) is 2.75. The number of ether oxygens (including phenoxy) is 2. The van der Waals surface area contributed by atoms with Crippen molar-refractivity contribution in [3.05, 3.63) is 11.6 Å².